The topological polar surface area (TPSA) is 86.6 Å². The molecule has 2 rings (SSSR count). The highest BCUT2D eigenvalue weighted by Crippen LogP contribution is 2.27. The molecule has 0 unspecified atom stereocenters. The summed E-state index contributed by atoms with van der Waals surface area (Å²) in [6, 6.07) is 4.03. The van der Waals surface area contributed by atoms with Crippen LogP contribution in [0.4, 0.5) is 5.69 Å². The lowest BCUT2D eigenvalue weighted by Gasteiger charge is -2.11. The monoisotopic (exact) mass is 249 g/mol. The molecule has 1 aliphatic carbocycles. The molecule has 0 heterocycles. The molecule has 0 spiro atoms. The number of carboxylic acid groups (broad SMARTS) is 1. The van der Waals surface area contributed by atoms with Crippen molar-refractivity contribution in [2.24, 2.45) is 5.92 Å². The van der Waals surface area contributed by atoms with Gasteiger partial charge in [-0.15, -0.1) is 0 Å². The maximum atomic E-state index is 11.9. The molecule has 1 aromatic rings. The van der Waals surface area contributed by atoms with Crippen molar-refractivity contribution < 1.29 is 19.8 Å². The van der Waals surface area contributed by atoms with Crippen LogP contribution in [0, 0.1) is 5.92 Å². The quantitative estimate of drug-likeness (QED) is 0.717. The Morgan fingerprint density at radius 1 is 1.22 bits per heavy atom. The molecular formula is C13H15NO4. The molecule has 1 aromatic carbocycles. The fourth-order valence-electron chi connectivity index (χ4n) is 2.22. The molecular weight excluding hydrogens is 234 g/mol. The molecule has 0 atom stereocenters. The fourth-order valence-corrected chi connectivity index (χ4v) is 2.22. The van der Waals surface area contributed by atoms with Crippen molar-refractivity contribution in [2.75, 3.05) is 5.32 Å². The van der Waals surface area contributed by atoms with E-state index in [1.54, 1.807) is 0 Å². The van der Waals surface area contributed by atoms with Gasteiger partial charge in [-0.2, -0.15) is 0 Å². The Kier molecular flexibility index (Phi) is 3.50. The minimum absolute atomic E-state index is 0.0204. The third-order valence-corrected chi connectivity index (χ3v) is 3.22. The Morgan fingerprint density at radius 2 is 1.89 bits per heavy atom. The molecule has 0 radical (unpaired) electrons. The number of nitrogens with one attached hydrogen (secondary N) is 1. The van der Waals surface area contributed by atoms with Gasteiger partial charge >= 0.3 is 5.97 Å². The number of hydrogen-bond acceptors (Lipinski definition) is 3. The van der Waals surface area contributed by atoms with Crippen LogP contribution in [0.25, 0.3) is 0 Å². The number of carbonyl (C=O) groups is 2. The lowest BCUT2D eigenvalue weighted by Crippen LogP contribution is -2.20. The summed E-state index contributed by atoms with van der Waals surface area (Å²) in [7, 11) is 0. The molecule has 0 aliphatic heterocycles. The van der Waals surface area contributed by atoms with Gasteiger partial charge in [0, 0.05) is 11.6 Å². The summed E-state index contributed by atoms with van der Waals surface area (Å²) in [5.74, 6) is -1.58. The first kappa shape index (κ1) is 12.4. The van der Waals surface area contributed by atoms with Crippen LogP contribution in [0.2, 0.25) is 0 Å². The first-order chi connectivity index (χ1) is 8.58. The Labute approximate surface area is 104 Å². The highest BCUT2D eigenvalue weighted by atomic mass is 16.4. The normalized spacial score (nSPS) is 15.6. The van der Waals surface area contributed by atoms with Gasteiger partial charge in [-0.25, -0.2) is 4.79 Å². The molecule has 1 aliphatic rings. The zero-order chi connectivity index (χ0) is 13.1. The first-order valence-corrected chi connectivity index (χ1v) is 5.95. The number of rotatable bonds is 3. The number of carboxylic acids is 1. The van der Waals surface area contributed by atoms with Crippen LogP contribution in [0.3, 0.4) is 0 Å². The minimum atomic E-state index is -1.22. The van der Waals surface area contributed by atoms with E-state index < -0.39 is 5.97 Å². The highest BCUT2D eigenvalue weighted by Gasteiger charge is 2.23. The van der Waals surface area contributed by atoms with E-state index in [1.807, 2.05) is 0 Å². The summed E-state index contributed by atoms with van der Waals surface area (Å²) in [6.45, 7) is 0. The predicted octanol–water partition coefficient (Wildman–Crippen LogP) is 2.22. The van der Waals surface area contributed by atoms with Crippen LogP contribution in [-0.2, 0) is 4.79 Å². The van der Waals surface area contributed by atoms with Crippen molar-refractivity contribution in [3.05, 3.63) is 23.8 Å². The molecule has 96 valence electrons. The van der Waals surface area contributed by atoms with Crippen molar-refractivity contribution >= 4 is 17.6 Å². The van der Waals surface area contributed by atoms with Gasteiger partial charge in [-0.1, -0.05) is 12.8 Å². The van der Waals surface area contributed by atoms with Gasteiger partial charge in [0.1, 0.15) is 11.3 Å². The van der Waals surface area contributed by atoms with Crippen LogP contribution in [-0.4, -0.2) is 22.1 Å². The Hall–Kier alpha value is -2.04. The van der Waals surface area contributed by atoms with E-state index in [-0.39, 0.29) is 23.1 Å². The zero-order valence-electron chi connectivity index (χ0n) is 9.85. The van der Waals surface area contributed by atoms with Crippen molar-refractivity contribution in [3.63, 3.8) is 0 Å². The van der Waals surface area contributed by atoms with Crippen molar-refractivity contribution in [3.8, 4) is 5.75 Å². The average Bonchev–Trinajstić information content (AvgIpc) is 2.85. The third kappa shape index (κ3) is 2.61. The van der Waals surface area contributed by atoms with Crippen LogP contribution in [0.15, 0.2) is 18.2 Å². The van der Waals surface area contributed by atoms with Gasteiger partial charge in [0.25, 0.3) is 0 Å². The van der Waals surface area contributed by atoms with Gasteiger partial charge in [-0.05, 0) is 31.0 Å². The standard InChI is InChI=1S/C13H15NO4/c15-11-6-5-9(7-10(11)13(17)18)14-12(16)8-3-1-2-4-8/h5-8,15H,1-4H2,(H,14,16)(H,17,18). The van der Waals surface area contributed by atoms with Gasteiger partial charge in [0.2, 0.25) is 5.91 Å². The third-order valence-electron chi connectivity index (χ3n) is 3.22. The van der Waals surface area contributed by atoms with E-state index in [9.17, 15) is 14.7 Å². The summed E-state index contributed by atoms with van der Waals surface area (Å²) < 4.78 is 0. The van der Waals surface area contributed by atoms with Gasteiger partial charge in [0.15, 0.2) is 0 Å². The van der Waals surface area contributed by atoms with Crippen molar-refractivity contribution in [2.45, 2.75) is 25.7 Å². The van der Waals surface area contributed by atoms with E-state index in [4.69, 9.17) is 5.11 Å². The molecule has 18 heavy (non-hydrogen) atoms. The van der Waals surface area contributed by atoms with Crippen LogP contribution in [0.1, 0.15) is 36.0 Å². The summed E-state index contributed by atoms with van der Waals surface area (Å²) in [5.41, 5.74) is 0.196. The Balaban J connectivity index is 2.11. The van der Waals surface area contributed by atoms with Gasteiger partial charge < -0.3 is 15.5 Å². The number of hydrogen-bond donors (Lipinski definition) is 3. The summed E-state index contributed by atoms with van der Waals surface area (Å²) >= 11 is 0. The first-order valence-electron chi connectivity index (χ1n) is 5.95. The average molecular weight is 249 g/mol. The lowest BCUT2D eigenvalue weighted by molar-refractivity contribution is -0.119. The SMILES string of the molecule is O=C(O)c1cc(NC(=O)C2CCCC2)ccc1O. The molecule has 5 nitrogen and oxygen atoms in total. The van der Waals surface area contributed by atoms with E-state index in [1.165, 1.54) is 18.2 Å². The number of aromatic carboxylic acids is 1. The maximum Gasteiger partial charge on any atom is 0.339 e. The second-order valence-corrected chi connectivity index (χ2v) is 4.51. The molecule has 0 aromatic heterocycles. The number of anilines is 1. The summed E-state index contributed by atoms with van der Waals surface area (Å²) in [4.78, 5) is 22.7. The molecule has 5 heteroatoms. The highest BCUT2D eigenvalue weighted by molar-refractivity contribution is 5.96. The number of aromatic hydroxyl groups is 1. The predicted molar refractivity (Wildman–Crippen MR) is 65.7 cm³/mol. The number of amides is 1. The number of carbonyl (C=O) groups excluding carboxylic acids is 1. The second-order valence-electron chi connectivity index (χ2n) is 4.51. The fraction of sp³-hybridized carbons (Fsp3) is 0.385. The van der Waals surface area contributed by atoms with Crippen molar-refractivity contribution in [1.29, 1.82) is 0 Å². The largest absolute Gasteiger partial charge is 0.507 e. The van der Waals surface area contributed by atoms with Gasteiger partial charge in [-0.3, -0.25) is 4.79 Å². The van der Waals surface area contributed by atoms with Crippen LogP contribution < -0.4 is 5.32 Å². The Bertz CT molecular complexity index is 478. The van der Waals surface area contributed by atoms with Gasteiger partial charge in [0.05, 0.1) is 0 Å². The van der Waals surface area contributed by atoms with E-state index in [0.717, 1.165) is 25.7 Å². The summed E-state index contributed by atoms with van der Waals surface area (Å²) in [5, 5.41) is 20.9. The Morgan fingerprint density at radius 3 is 2.50 bits per heavy atom. The molecule has 3 N–H and O–H groups in total. The van der Waals surface area contributed by atoms with Crippen LogP contribution >= 0.6 is 0 Å². The number of benzene rings is 1. The number of phenols is 1. The summed E-state index contributed by atoms with van der Waals surface area (Å²) in [6.07, 6.45) is 3.90. The minimum Gasteiger partial charge on any atom is -0.507 e. The smallest absolute Gasteiger partial charge is 0.339 e. The lowest BCUT2D eigenvalue weighted by atomic mass is 10.1. The molecule has 0 saturated heterocycles. The van der Waals surface area contributed by atoms with E-state index in [0.29, 0.717) is 5.69 Å². The van der Waals surface area contributed by atoms with Crippen LogP contribution in [0.5, 0.6) is 5.75 Å². The van der Waals surface area contributed by atoms with E-state index in [2.05, 4.69) is 5.32 Å². The molecule has 1 saturated carbocycles. The maximum absolute atomic E-state index is 11.9. The second kappa shape index (κ2) is 5.08. The molecule has 1 amide bonds. The van der Waals surface area contributed by atoms with Crippen molar-refractivity contribution in [1.82, 2.24) is 0 Å². The molecule has 0 bridgehead atoms. The zero-order valence-corrected chi connectivity index (χ0v) is 9.85. The van der Waals surface area contributed by atoms with E-state index >= 15 is 0 Å². The molecule has 1 fully saturated rings.